The van der Waals surface area contributed by atoms with Crippen molar-refractivity contribution >= 4 is 0 Å². The molecular weight excluding hydrogens is 222 g/mol. The summed E-state index contributed by atoms with van der Waals surface area (Å²) in [6, 6.07) is 3.57. The van der Waals surface area contributed by atoms with Crippen molar-refractivity contribution in [3.05, 3.63) is 23.7 Å². The summed E-state index contributed by atoms with van der Waals surface area (Å²) in [6.07, 6.45) is 1.93. The zero-order chi connectivity index (χ0) is 11.7. The van der Waals surface area contributed by atoms with Gasteiger partial charge in [0, 0.05) is 6.61 Å². The molecular formula is C11H13N3O3. The van der Waals surface area contributed by atoms with E-state index in [0.29, 0.717) is 29.8 Å². The van der Waals surface area contributed by atoms with Crippen molar-refractivity contribution in [2.75, 3.05) is 6.61 Å². The molecule has 1 saturated heterocycles. The van der Waals surface area contributed by atoms with Crippen LogP contribution in [0.15, 0.2) is 21.1 Å². The molecule has 0 bridgehead atoms. The summed E-state index contributed by atoms with van der Waals surface area (Å²) in [5.41, 5.74) is 5.47. The SMILES string of the molecule is NCc1ccc(-c2nc(C3CCCO3)no2)o1. The summed E-state index contributed by atoms with van der Waals surface area (Å²) in [4.78, 5) is 4.27. The Labute approximate surface area is 97.7 Å². The van der Waals surface area contributed by atoms with Crippen molar-refractivity contribution < 1.29 is 13.7 Å². The van der Waals surface area contributed by atoms with Crippen LogP contribution in [0.5, 0.6) is 0 Å². The first-order valence-corrected chi connectivity index (χ1v) is 5.61. The number of nitrogens with zero attached hydrogens (tertiary/aromatic N) is 2. The largest absolute Gasteiger partial charge is 0.455 e. The topological polar surface area (TPSA) is 87.3 Å². The van der Waals surface area contributed by atoms with Crippen LogP contribution in [0.3, 0.4) is 0 Å². The van der Waals surface area contributed by atoms with E-state index in [4.69, 9.17) is 19.4 Å². The lowest BCUT2D eigenvalue weighted by molar-refractivity contribution is 0.103. The normalized spacial score (nSPS) is 19.9. The Morgan fingerprint density at radius 1 is 1.41 bits per heavy atom. The molecule has 2 aromatic heterocycles. The van der Waals surface area contributed by atoms with E-state index in [-0.39, 0.29) is 6.10 Å². The van der Waals surface area contributed by atoms with Crippen LogP contribution >= 0.6 is 0 Å². The van der Waals surface area contributed by atoms with Gasteiger partial charge in [0.25, 0.3) is 5.89 Å². The number of furan rings is 1. The Bertz CT molecular complexity index is 500. The van der Waals surface area contributed by atoms with Crippen LogP contribution < -0.4 is 5.73 Å². The highest BCUT2D eigenvalue weighted by Gasteiger charge is 2.24. The summed E-state index contributed by atoms with van der Waals surface area (Å²) in [5, 5.41) is 3.91. The summed E-state index contributed by atoms with van der Waals surface area (Å²) in [5.74, 6) is 2.19. The average Bonchev–Trinajstić information content (AvgIpc) is 3.09. The molecule has 6 nitrogen and oxygen atoms in total. The van der Waals surface area contributed by atoms with E-state index < -0.39 is 0 Å². The van der Waals surface area contributed by atoms with Gasteiger partial charge in [-0.3, -0.25) is 0 Å². The third kappa shape index (κ3) is 1.96. The molecule has 1 fully saturated rings. The lowest BCUT2D eigenvalue weighted by Crippen LogP contribution is -1.97. The molecule has 3 heterocycles. The molecule has 2 aromatic rings. The Hall–Kier alpha value is -1.66. The lowest BCUT2D eigenvalue weighted by Gasteiger charge is -2.00. The fraction of sp³-hybridized carbons (Fsp3) is 0.455. The molecule has 1 aliphatic rings. The third-order valence-corrected chi connectivity index (χ3v) is 2.73. The first-order valence-electron chi connectivity index (χ1n) is 5.61. The molecule has 0 radical (unpaired) electrons. The standard InChI is InChI=1S/C11H13N3O3/c12-6-7-3-4-9(16-7)11-13-10(14-17-11)8-2-1-5-15-8/h3-4,8H,1-2,5-6,12H2. The molecule has 17 heavy (non-hydrogen) atoms. The molecule has 2 N–H and O–H groups in total. The van der Waals surface area contributed by atoms with Gasteiger partial charge in [-0.2, -0.15) is 4.98 Å². The van der Waals surface area contributed by atoms with E-state index in [0.717, 1.165) is 19.4 Å². The van der Waals surface area contributed by atoms with E-state index >= 15 is 0 Å². The van der Waals surface area contributed by atoms with Gasteiger partial charge in [0.2, 0.25) is 5.82 Å². The minimum Gasteiger partial charge on any atom is -0.455 e. The quantitative estimate of drug-likeness (QED) is 0.870. The van der Waals surface area contributed by atoms with Crippen LogP contribution in [0.1, 0.15) is 30.5 Å². The molecule has 90 valence electrons. The Morgan fingerprint density at radius 3 is 3.06 bits per heavy atom. The van der Waals surface area contributed by atoms with Gasteiger partial charge in [-0.15, -0.1) is 0 Å². The number of rotatable bonds is 3. The highest BCUT2D eigenvalue weighted by Crippen LogP contribution is 2.28. The zero-order valence-corrected chi connectivity index (χ0v) is 9.26. The fourth-order valence-electron chi connectivity index (χ4n) is 1.85. The fourth-order valence-corrected chi connectivity index (χ4v) is 1.85. The zero-order valence-electron chi connectivity index (χ0n) is 9.26. The monoisotopic (exact) mass is 235 g/mol. The number of hydrogen-bond donors (Lipinski definition) is 1. The van der Waals surface area contributed by atoms with Gasteiger partial charge in [0.1, 0.15) is 11.9 Å². The second-order valence-corrected chi connectivity index (χ2v) is 3.93. The van der Waals surface area contributed by atoms with E-state index in [9.17, 15) is 0 Å². The van der Waals surface area contributed by atoms with E-state index in [1.165, 1.54) is 0 Å². The van der Waals surface area contributed by atoms with Gasteiger partial charge in [-0.25, -0.2) is 0 Å². The van der Waals surface area contributed by atoms with Crippen LogP contribution in [0, 0.1) is 0 Å². The molecule has 0 spiro atoms. The van der Waals surface area contributed by atoms with Crippen molar-refractivity contribution in [2.24, 2.45) is 5.73 Å². The predicted octanol–water partition coefficient (Wildman–Crippen LogP) is 1.64. The molecule has 0 aromatic carbocycles. The number of nitrogens with two attached hydrogens (primary N) is 1. The Balaban J connectivity index is 1.83. The highest BCUT2D eigenvalue weighted by molar-refractivity contribution is 5.44. The van der Waals surface area contributed by atoms with Crippen LogP contribution in [-0.4, -0.2) is 16.7 Å². The van der Waals surface area contributed by atoms with Crippen LogP contribution in [-0.2, 0) is 11.3 Å². The first kappa shape index (κ1) is 10.5. The second kappa shape index (κ2) is 4.31. The molecule has 0 amide bonds. The van der Waals surface area contributed by atoms with Crippen molar-refractivity contribution in [2.45, 2.75) is 25.5 Å². The minimum absolute atomic E-state index is 0.0450. The molecule has 6 heteroatoms. The van der Waals surface area contributed by atoms with E-state index in [1.54, 1.807) is 12.1 Å². The van der Waals surface area contributed by atoms with Crippen molar-refractivity contribution in [1.82, 2.24) is 10.1 Å². The van der Waals surface area contributed by atoms with E-state index in [1.807, 2.05) is 0 Å². The van der Waals surface area contributed by atoms with Crippen LogP contribution in [0.25, 0.3) is 11.7 Å². The molecule has 0 aliphatic carbocycles. The van der Waals surface area contributed by atoms with Gasteiger partial charge in [0.15, 0.2) is 5.76 Å². The third-order valence-electron chi connectivity index (χ3n) is 2.73. The maximum atomic E-state index is 5.48. The predicted molar refractivity (Wildman–Crippen MR) is 57.8 cm³/mol. The van der Waals surface area contributed by atoms with Gasteiger partial charge in [0.05, 0.1) is 6.54 Å². The number of aromatic nitrogens is 2. The molecule has 3 rings (SSSR count). The average molecular weight is 235 g/mol. The number of hydrogen-bond acceptors (Lipinski definition) is 6. The van der Waals surface area contributed by atoms with Crippen molar-refractivity contribution in [1.29, 1.82) is 0 Å². The lowest BCUT2D eigenvalue weighted by atomic mass is 10.2. The smallest absolute Gasteiger partial charge is 0.293 e. The summed E-state index contributed by atoms with van der Waals surface area (Å²) in [6.45, 7) is 1.11. The van der Waals surface area contributed by atoms with Gasteiger partial charge in [-0.05, 0) is 25.0 Å². The summed E-state index contributed by atoms with van der Waals surface area (Å²) < 4.78 is 16.1. The summed E-state index contributed by atoms with van der Waals surface area (Å²) >= 11 is 0. The molecule has 1 atom stereocenters. The van der Waals surface area contributed by atoms with Crippen LogP contribution in [0.4, 0.5) is 0 Å². The number of ether oxygens (including phenoxy) is 1. The molecule has 1 unspecified atom stereocenters. The van der Waals surface area contributed by atoms with Gasteiger partial charge in [-0.1, -0.05) is 5.16 Å². The first-order chi connectivity index (χ1) is 8.36. The van der Waals surface area contributed by atoms with Crippen molar-refractivity contribution in [3.63, 3.8) is 0 Å². The van der Waals surface area contributed by atoms with Crippen molar-refractivity contribution in [3.8, 4) is 11.7 Å². The maximum absolute atomic E-state index is 5.48. The second-order valence-electron chi connectivity index (χ2n) is 3.93. The molecule has 0 saturated carbocycles. The Kier molecular flexibility index (Phi) is 2.66. The highest BCUT2D eigenvalue weighted by atomic mass is 16.5. The summed E-state index contributed by atoms with van der Waals surface area (Å²) in [7, 11) is 0. The Morgan fingerprint density at radius 2 is 2.35 bits per heavy atom. The molecule has 1 aliphatic heterocycles. The maximum Gasteiger partial charge on any atom is 0.293 e. The van der Waals surface area contributed by atoms with Gasteiger partial charge >= 0.3 is 0 Å². The minimum atomic E-state index is -0.0450. The van der Waals surface area contributed by atoms with E-state index in [2.05, 4.69) is 10.1 Å². The van der Waals surface area contributed by atoms with Gasteiger partial charge < -0.3 is 19.4 Å². The van der Waals surface area contributed by atoms with Crippen LogP contribution in [0.2, 0.25) is 0 Å².